The van der Waals surface area contributed by atoms with E-state index in [4.69, 9.17) is 11.5 Å². The molecule has 0 saturated carbocycles. The largest absolute Gasteiger partial charge is 0.383 e. The molecule has 1 atom stereocenters. The first-order valence-electron chi connectivity index (χ1n) is 9.62. The van der Waals surface area contributed by atoms with Gasteiger partial charge in [0.05, 0.1) is 6.67 Å². The Morgan fingerprint density at radius 3 is 2.57 bits per heavy atom. The number of benzene rings is 1. The Bertz CT molecular complexity index is 964. The third-order valence-electron chi connectivity index (χ3n) is 5.54. The molecule has 152 valence electrons. The van der Waals surface area contributed by atoms with Gasteiger partial charge in [0.25, 0.3) is 5.56 Å². The fourth-order valence-corrected chi connectivity index (χ4v) is 3.79. The summed E-state index contributed by atoms with van der Waals surface area (Å²) in [6.45, 7) is 4.79. The van der Waals surface area contributed by atoms with Crippen molar-refractivity contribution in [3.63, 3.8) is 0 Å². The first-order chi connectivity index (χ1) is 13.3. The Labute approximate surface area is 165 Å². The van der Waals surface area contributed by atoms with Crippen LogP contribution in [0.3, 0.4) is 0 Å². The Balaban J connectivity index is 2.05. The summed E-state index contributed by atoms with van der Waals surface area (Å²) in [4.78, 5) is 29.4. The van der Waals surface area contributed by atoms with Gasteiger partial charge in [-0.1, -0.05) is 24.3 Å². The summed E-state index contributed by atoms with van der Waals surface area (Å²) in [5.74, 6) is 0.183. The average Bonchev–Trinajstić information content (AvgIpc) is 2.66. The van der Waals surface area contributed by atoms with Gasteiger partial charge in [0.15, 0.2) is 0 Å². The quantitative estimate of drug-likeness (QED) is 0.769. The summed E-state index contributed by atoms with van der Waals surface area (Å²) >= 11 is 0. The van der Waals surface area contributed by atoms with Gasteiger partial charge in [-0.15, -0.1) is 0 Å². The molecule has 1 aliphatic rings. The smallest absolute Gasteiger partial charge is 0.332 e. The minimum atomic E-state index is -0.429. The molecule has 4 N–H and O–H groups in total. The molecule has 1 aromatic heterocycles. The summed E-state index contributed by atoms with van der Waals surface area (Å²) in [7, 11) is 3.07. The van der Waals surface area contributed by atoms with Crippen LogP contribution in [0.5, 0.6) is 0 Å². The van der Waals surface area contributed by atoms with Gasteiger partial charge in [0.2, 0.25) is 0 Å². The van der Waals surface area contributed by atoms with E-state index in [0.29, 0.717) is 18.9 Å². The van der Waals surface area contributed by atoms with E-state index >= 15 is 0 Å². The molecule has 0 aliphatic carbocycles. The Morgan fingerprint density at radius 2 is 1.89 bits per heavy atom. The van der Waals surface area contributed by atoms with E-state index in [1.807, 2.05) is 36.1 Å². The number of rotatable bonds is 5. The van der Waals surface area contributed by atoms with Crippen LogP contribution in [-0.2, 0) is 20.6 Å². The molecular weight excluding hydrogens is 356 g/mol. The van der Waals surface area contributed by atoms with E-state index in [-0.39, 0.29) is 17.4 Å². The van der Waals surface area contributed by atoms with Crippen LogP contribution in [0, 0.1) is 6.92 Å². The lowest BCUT2D eigenvalue weighted by atomic mass is 10.1. The molecule has 1 fully saturated rings. The highest BCUT2D eigenvalue weighted by atomic mass is 16.2. The summed E-state index contributed by atoms with van der Waals surface area (Å²) in [5.41, 5.74) is 14.2. The molecule has 3 rings (SSSR count). The van der Waals surface area contributed by atoms with Crippen LogP contribution < -0.4 is 27.6 Å². The summed E-state index contributed by atoms with van der Waals surface area (Å²) in [6.07, 6.45) is 2.04. The molecule has 2 heterocycles. The maximum Gasteiger partial charge on any atom is 0.332 e. The van der Waals surface area contributed by atoms with Gasteiger partial charge in [0, 0.05) is 33.2 Å². The van der Waals surface area contributed by atoms with Gasteiger partial charge in [-0.05, 0) is 37.4 Å². The van der Waals surface area contributed by atoms with Crippen molar-refractivity contribution in [1.82, 2.24) is 14.0 Å². The number of aryl methyl sites for hydroxylation is 1. The topological polar surface area (TPSA) is 103 Å². The van der Waals surface area contributed by atoms with Crippen molar-refractivity contribution in [3.05, 3.63) is 56.2 Å². The molecule has 0 spiro atoms. The number of nitrogens with two attached hydrogens (primary N) is 2. The molecule has 1 saturated heterocycles. The maximum atomic E-state index is 13.0. The molecule has 0 bridgehead atoms. The van der Waals surface area contributed by atoms with Crippen molar-refractivity contribution in [2.45, 2.75) is 32.4 Å². The van der Waals surface area contributed by atoms with Crippen LogP contribution in [0.15, 0.2) is 33.9 Å². The predicted octanol–water partition coefficient (Wildman–Crippen LogP) is 0.362. The standard InChI is InChI=1S/C20H30N6O2/c1-14-7-4-5-8-15(14)11-26(13-25-10-6-9-16(21)12-25)17-18(22)23(2)20(28)24(3)19(17)27/h4-5,7-8,16H,6,9-13,21-22H2,1-3H3. The molecule has 1 aromatic carbocycles. The highest BCUT2D eigenvalue weighted by molar-refractivity contribution is 5.62. The van der Waals surface area contributed by atoms with Crippen molar-refractivity contribution in [2.24, 2.45) is 19.8 Å². The number of likely N-dealkylation sites (tertiary alicyclic amines) is 1. The summed E-state index contributed by atoms with van der Waals surface area (Å²) in [5, 5.41) is 0. The van der Waals surface area contributed by atoms with E-state index in [2.05, 4.69) is 4.90 Å². The lowest BCUT2D eigenvalue weighted by Crippen LogP contribution is -2.50. The second-order valence-corrected chi connectivity index (χ2v) is 7.68. The highest BCUT2D eigenvalue weighted by Gasteiger charge is 2.24. The molecule has 2 aromatic rings. The van der Waals surface area contributed by atoms with Crippen molar-refractivity contribution in [1.29, 1.82) is 0 Å². The van der Waals surface area contributed by atoms with Crippen molar-refractivity contribution < 1.29 is 0 Å². The van der Waals surface area contributed by atoms with Gasteiger partial charge in [0.1, 0.15) is 11.5 Å². The fraction of sp³-hybridized carbons (Fsp3) is 0.500. The minimum Gasteiger partial charge on any atom is -0.383 e. The SMILES string of the molecule is Cc1ccccc1CN(CN1CCCC(N)C1)c1c(N)n(C)c(=O)n(C)c1=O. The van der Waals surface area contributed by atoms with E-state index < -0.39 is 5.69 Å². The van der Waals surface area contributed by atoms with Crippen LogP contribution in [0.1, 0.15) is 24.0 Å². The number of hydrogen-bond acceptors (Lipinski definition) is 6. The minimum absolute atomic E-state index is 0.134. The number of hydrogen-bond donors (Lipinski definition) is 2. The normalized spacial score (nSPS) is 17.6. The number of nitrogens with zero attached hydrogens (tertiary/aromatic N) is 4. The molecule has 0 radical (unpaired) electrons. The summed E-state index contributed by atoms with van der Waals surface area (Å²) in [6, 6.07) is 8.21. The molecular formula is C20H30N6O2. The number of aromatic nitrogens is 2. The van der Waals surface area contributed by atoms with Crippen LogP contribution >= 0.6 is 0 Å². The molecule has 28 heavy (non-hydrogen) atoms. The van der Waals surface area contributed by atoms with E-state index in [0.717, 1.165) is 41.6 Å². The zero-order valence-electron chi connectivity index (χ0n) is 16.9. The molecule has 1 unspecified atom stereocenters. The third kappa shape index (κ3) is 3.98. The Kier molecular flexibility index (Phi) is 5.90. The van der Waals surface area contributed by atoms with Crippen LogP contribution in [0.25, 0.3) is 0 Å². The van der Waals surface area contributed by atoms with Gasteiger partial charge in [-0.25, -0.2) is 4.79 Å². The average molecular weight is 387 g/mol. The zero-order valence-corrected chi connectivity index (χ0v) is 16.9. The maximum absolute atomic E-state index is 13.0. The summed E-state index contributed by atoms with van der Waals surface area (Å²) < 4.78 is 2.43. The van der Waals surface area contributed by atoms with E-state index in [9.17, 15) is 9.59 Å². The van der Waals surface area contributed by atoms with Gasteiger partial charge >= 0.3 is 5.69 Å². The second-order valence-electron chi connectivity index (χ2n) is 7.68. The van der Waals surface area contributed by atoms with Gasteiger partial charge in [-0.3, -0.25) is 18.8 Å². The number of piperidine rings is 1. The second kappa shape index (κ2) is 8.20. The predicted molar refractivity (Wildman–Crippen MR) is 112 cm³/mol. The van der Waals surface area contributed by atoms with Gasteiger partial charge < -0.3 is 16.4 Å². The zero-order chi connectivity index (χ0) is 20.4. The lowest BCUT2D eigenvalue weighted by Gasteiger charge is -2.36. The van der Waals surface area contributed by atoms with Crippen molar-refractivity contribution in [2.75, 3.05) is 30.4 Å². The van der Waals surface area contributed by atoms with Crippen LogP contribution in [0.4, 0.5) is 11.5 Å². The number of nitrogen functional groups attached to an aromatic ring is 1. The lowest BCUT2D eigenvalue weighted by molar-refractivity contribution is 0.207. The molecule has 0 amide bonds. The molecule has 8 nitrogen and oxygen atoms in total. The van der Waals surface area contributed by atoms with Crippen molar-refractivity contribution in [3.8, 4) is 0 Å². The third-order valence-corrected chi connectivity index (χ3v) is 5.54. The first-order valence-corrected chi connectivity index (χ1v) is 9.62. The molecule has 1 aliphatic heterocycles. The Hall–Kier alpha value is -2.58. The van der Waals surface area contributed by atoms with E-state index in [1.54, 1.807) is 7.05 Å². The first kappa shape index (κ1) is 20.2. The monoisotopic (exact) mass is 386 g/mol. The van der Waals surface area contributed by atoms with E-state index in [1.165, 1.54) is 11.6 Å². The molecule has 8 heteroatoms. The van der Waals surface area contributed by atoms with Crippen LogP contribution in [0.2, 0.25) is 0 Å². The highest BCUT2D eigenvalue weighted by Crippen LogP contribution is 2.22. The van der Waals surface area contributed by atoms with Crippen molar-refractivity contribution >= 4 is 11.5 Å². The van der Waals surface area contributed by atoms with Gasteiger partial charge in [-0.2, -0.15) is 0 Å². The van der Waals surface area contributed by atoms with Crippen LogP contribution in [-0.4, -0.2) is 39.8 Å². The fourth-order valence-electron chi connectivity index (χ4n) is 3.79. The Morgan fingerprint density at radius 1 is 1.18 bits per heavy atom. The number of anilines is 2.